The highest BCUT2D eigenvalue weighted by atomic mass is 16.5. The largest absolute Gasteiger partial charge is 0.494 e. The summed E-state index contributed by atoms with van der Waals surface area (Å²) in [5, 5.41) is 12.8. The molecule has 0 unspecified atom stereocenters. The molecule has 3 rings (SSSR count). The maximum atomic E-state index is 11.8. The maximum Gasteiger partial charge on any atom is 0.336 e. The fourth-order valence-corrected chi connectivity index (χ4v) is 2.77. The summed E-state index contributed by atoms with van der Waals surface area (Å²) in [5.74, 6) is -0.507. The highest BCUT2D eigenvalue weighted by molar-refractivity contribution is 6.05. The molecule has 0 saturated heterocycles. The van der Waals surface area contributed by atoms with Gasteiger partial charge >= 0.3 is 5.97 Å². The first-order chi connectivity index (χ1) is 13.0. The average molecular weight is 364 g/mol. The molecule has 0 aliphatic carbocycles. The number of benzene rings is 2. The molecule has 1 heterocycles. The lowest BCUT2D eigenvalue weighted by atomic mass is 10.0. The van der Waals surface area contributed by atoms with Crippen LogP contribution in [0.5, 0.6) is 5.75 Å². The number of nitrogens with zero attached hydrogens (tertiary/aromatic N) is 1. The predicted molar refractivity (Wildman–Crippen MR) is 104 cm³/mol. The molecule has 0 aliphatic heterocycles. The molecule has 0 spiro atoms. The number of pyridine rings is 1. The molecule has 0 fully saturated rings. The predicted octanol–water partition coefficient (Wildman–Crippen LogP) is 4.35. The Labute approximate surface area is 156 Å². The lowest BCUT2D eigenvalue weighted by Crippen LogP contribution is -2.06. The van der Waals surface area contributed by atoms with Crippen molar-refractivity contribution < 1.29 is 19.4 Å². The van der Waals surface area contributed by atoms with E-state index in [1.54, 1.807) is 24.3 Å². The first kappa shape index (κ1) is 18.4. The fourth-order valence-electron chi connectivity index (χ4n) is 2.77. The normalized spacial score (nSPS) is 10.6. The monoisotopic (exact) mass is 364 g/mol. The molecule has 3 aromatic rings. The van der Waals surface area contributed by atoms with Crippen molar-refractivity contribution in [2.24, 2.45) is 0 Å². The van der Waals surface area contributed by atoms with Crippen LogP contribution in [0.4, 0.5) is 5.69 Å². The van der Waals surface area contributed by atoms with Gasteiger partial charge in [-0.1, -0.05) is 6.92 Å². The van der Waals surface area contributed by atoms with Crippen LogP contribution in [0, 0.1) is 0 Å². The zero-order valence-electron chi connectivity index (χ0n) is 15.2. The molecule has 0 atom stereocenters. The quantitative estimate of drug-likeness (QED) is 0.679. The SMILES string of the molecule is CCCOc1ccc(-c2cc(C(=O)O)c3cc(NC(C)=O)ccc3n2)cc1. The third-order valence-electron chi connectivity index (χ3n) is 3.98. The number of nitrogens with one attached hydrogen (secondary N) is 1. The topological polar surface area (TPSA) is 88.5 Å². The number of amides is 1. The number of carboxylic acids is 1. The molecule has 27 heavy (non-hydrogen) atoms. The zero-order valence-corrected chi connectivity index (χ0v) is 15.2. The van der Waals surface area contributed by atoms with Gasteiger partial charge in [0.25, 0.3) is 0 Å². The maximum absolute atomic E-state index is 11.8. The van der Waals surface area contributed by atoms with E-state index in [0.29, 0.717) is 28.9 Å². The van der Waals surface area contributed by atoms with E-state index < -0.39 is 5.97 Å². The Balaban J connectivity index is 2.04. The van der Waals surface area contributed by atoms with E-state index >= 15 is 0 Å². The first-order valence-electron chi connectivity index (χ1n) is 8.67. The second-order valence-electron chi connectivity index (χ2n) is 6.15. The van der Waals surface area contributed by atoms with E-state index in [4.69, 9.17) is 4.74 Å². The third-order valence-corrected chi connectivity index (χ3v) is 3.98. The number of rotatable bonds is 6. The van der Waals surface area contributed by atoms with Crippen molar-refractivity contribution >= 4 is 28.5 Å². The van der Waals surface area contributed by atoms with Crippen LogP contribution in [0.25, 0.3) is 22.2 Å². The van der Waals surface area contributed by atoms with E-state index in [1.807, 2.05) is 31.2 Å². The number of aromatic nitrogens is 1. The van der Waals surface area contributed by atoms with Crippen LogP contribution >= 0.6 is 0 Å². The Hall–Kier alpha value is -3.41. The third kappa shape index (κ3) is 4.23. The summed E-state index contributed by atoms with van der Waals surface area (Å²) in [4.78, 5) is 27.6. The number of carboxylic acid groups (broad SMARTS) is 1. The first-order valence-corrected chi connectivity index (χ1v) is 8.67. The fraction of sp³-hybridized carbons (Fsp3) is 0.190. The van der Waals surface area contributed by atoms with Gasteiger partial charge in [-0.25, -0.2) is 9.78 Å². The Kier molecular flexibility index (Phi) is 5.35. The van der Waals surface area contributed by atoms with Gasteiger partial charge in [-0.15, -0.1) is 0 Å². The lowest BCUT2D eigenvalue weighted by molar-refractivity contribution is -0.114. The summed E-state index contributed by atoms with van der Waals surface area (Å²) in [5.41, 5.74) is 2.58. The van der Waals surface area contributed by atoms with E-state index in [-0.39, 0.29) is 11.5 Å². The molecule has 2 aromatic carbocycles. The minimum Gasteiger partial charge on any atom is -0.494 e. The molecule has 0 radical (unpaired) electrons. The number of anilines is 1. The highest BCUT2D eigenvalue weighted by Gasteiger charge is 2.14. The van der Waals surface area contributed by atoms with Crippen LogP contribution in [-0.4, -0.2) is 28.6 Å². The zero-order chi connectivity index (χ0) is 19.4. The van der Waals surface area contributed by atoms with Crippen molar-refractivity contribution in [3.05, 3.63) is 54.1 Å². The minimum atomic E-state index is -1.05. The van der Waals surface area contributed by atoms with Gasteiger partial charge in [0.05, 0.1) is 23.4 Å². The van der Waals surface area contributed by atoms with Gasteiger partial charge in [-0.3, -0.25) is 4.79 Å². The lowest BCUT2D eigenvalue weighted by Gasteiger charge is -2.10. The molecule has 0 bridgehead atoms. The van der Waals surface area contributed by atoms with Gasteiger partial charge < -0.3 is 15.2 Å². The number of aromatic carboxylic acids is 1. The van der Waals surface area contributed by atoms with Crippen LogP contribution in [-0.2, 0) is 4.79 Å². The number of hydrogen-bond acceptors (Lipinski definition) is 4. The summed E-state index contributed by atoms with van der Waals surface area (Å²) in [7, 11) is 0. The van der Waals surface area contributed by atoms with Crippen molar-refractivity contribution in [2.75, 3.05) is 11.9 Å². The summed E-state index contributed by atoms with van der Waals surface area (Å²) in [6.07, 6.45) is 0.927. The van der Waals surface area contributed by atoms with Crippen molar-refractivity contribution in [2.45, 2.75) is 20.3 Å². The molecule has 6 nitrogen and oxygen atoms in total. The molecule has 0 saturated carbocycles. The Morgan fingerprint density at radius 1 is 1.11 bits per heavy atom. The van der Waals surface area contributed by atoms with Crippen LogP contribution in [0.1, 0.15) is 30.6 Å². The van der Waals surface area contributed by atoms with Gasteiger partial charge in [-0.2, -0.15) is 0 Å². The smallest absolute Gasteiger partial charge is 0.336 e. The van der Waals surface area contributed by atoms with Gasteiger partial charge in [0, 0.05) is 23.6 Å². The molecule has 6 heteroatoms. The van der Waals surface area contributed by atoms with E-state index in [1.165, 1.54) is 6.92 Å². The van der Waals surface area contributed by atoms with Crippen molar-refractivity contribution in [1.82, 2.24) is 4.98 Å². The van der Waals surface area contributed by atoms with Crippen LogP contribution in [0.2, 0.25) is 0 Å². The Morgan fingerprint density at radius 2 is 1.85 bits per heavy atom. The molecule has 1 amide bonds. The molecule has 138 valence electrons. The standard InChI is InChI=1S/C21H20N2O4/c1-3-10-27-16-7-4-14(5-8-16)20-12-18(21(25)26)17-11-15(22-13(2)24)6-9-19(17)23-20/h4-9,11-12H,3,10H2,1-2H3,(H,22,24)(H,25,26). The number of ether oxygens (including phenoxy) is 1. The van der Waals surface area contributed by atoms with Gasteiger partial charge in [0.1, 0.15) is 5.75 Å². The Bertz CT molecular complexity index is 997. The molecule has 1 aromatic heterocycles. The summed E-state index contributed by atoms with van der Waals surface area (Å²) >= 11 is 0. The van der Waals surface area contributed by atoms with Gasteiger partial charge in [0.2, 0.25) is 5.91 Å². The average Bonchev–Trinajstić information content (AvgIpc) is 2.65. The van der Waals surface area contributed by atoms with Crippen molar-refractivity contribution in [3.8, 4) is 17.0 Å². The summed E-state index contributed by atoms with van der Waals surface area (Å²) in [6.45, 7) is 4.09. The summed E-state index contributed by atoms with van der Waals surface area (Å²) < 4.78 is 5.57. The second kappa shape index (κ2) is 7.86. The van der Waals surface area contributed by atoms with Crippen LogP contribution < -0.4 is 10.1 Å². The number of carbonyl (C=O) groups excluding carboxylic acids is 1. The minimum absolute atomic E-state index is 0.133. The van der Waals surface area contributed by atoms with E-state index in [9.17, 15) is 14.7 Å². The Morgan fingerprint density at radius 3 is 2.48 bits per heavy atom. The summed E-state index contributed by atoms with van der Waals surface area (Å²) in [6, 6.07) is 14.0. The number of carbonyl (C=O) groups is 2. The molecular weight excluding hydrogens is 344 g/mol. The van der Waals surface area contributed by atoms with Crippen molar-refractivity contribution in [1.29, 1.82) is 0 Å². The molecule has 0 aliphatic rings. The molecule has 2 N–H and O–H groups in total. The van der Waals surface area contributed by atoms with Crippen LogP contribution in [0.3, 0.4) is 0 Å². The van der Waals surface area contributed by atoms with Crippen LogP contribution in [0.15, 0.2) is 48.5 Å². The van der Waals surface area contributed by atoms with E-state index in [2.05, 4.69) is 10.3 Å². The van der Waals surface area contributed by atoms with E-state index in [0.717, 1.165) is 17.7 Å². The second-order valence-corrected chi connectivity index (χ2v) is 6.15. The number of fused-ring (bicyclic) bond motifs is 1. The van der Waals surface area contributed by atoms with Gasteiger partial charge in [0.15, 0.2) is 0 Å². The number of hydrogen-bond donors (Lipinski definition) is 2. The highest BCUT2D eigenvalue weighted by Crippen LogP contribution is 2.28. The molecular formula is C21H20N2O4. The van der Waals surface area contributed by atoms with Gasteiger partial charge in [-0.05, 0) is 55.0 Å². The van der Waals surface area contributed by atoms with Crippen molar-refractivity contribution in [3.63, 3.8) is 0 Å².